The van der Waals surface area contributed by atoms with E-state index in [4.69, 9.17) is 0 Å². The maximum atomic E-state index is 14.7. The van der Waals surface area contributed by atoms with Crippen LogP contribution in [0.5, 0.6) is 0 Å². The maximum Gasteiger partial charge on any atom is 0.186 e. The number of aliphatic hydroxyl groups is 3. The molecule has 3 aromatic rings. The van der Waals surface area contributed by atoms with Gasteiger partial charge >= 0.3 is 0 Å². The zero-order chi connectivity index (χ0) is 23.0. The fraction of sp³-hybridized carbons (Fsp3) is 0.429. The lowest BCUT2D eigenvalue weighted by atomic mass is 10.1. The van der Waals surface area contributed by atoms with Gasteiger partial charge in [0.15, 0.2) is 23.1 Å². The van der Waals surface area contributed by atoms with Crippen LogP contribution in [0.25, 0.3) is 10.2 Å². The number of nitrogens with one attached hydrogen (secondary N) is 1. The summed E-state index contributed by atoms with van der Waals surface area (Å²) in [6, 6.07) is 5.41. The van der Waals surface area contributed by atoms with Crippen molar-refractivity contribution in [3.05, 3.63) is 47.7 Å². The van der Waals surface area contributed by atoms with Gasteiger partial charge < -0.3 is 25.5 Å². The fourth-order valence-electron chi connectivity index (χ4n) is 3.80. The first-order chi connectivity index (χ1) is 15.2. The Morgan fingerprint density at radius 1 is 1.19 bits per heavy atom. The lowest BCUT2D eigenvalue weighted by Crippen LogP contribution is -2.57. The van der Waals surface area contributed by atoms with Gasteiger partial charge in [0.2, 0.25) is 0 Å². The quantitative estimate of drug-likeness (QED) is 0.411. The number of benzene rings is 1. The van der Waals surface area contributed by atoms with Crippen molar-refractivity contribution < 1.29 is 24.1 Å². The van der Waals surface area contributed by atoms with E-state index < -0.39 is 24.4 Å². The summed E-state index contributed by atoms with van der Waals surface area (Å²) in [6.45, 7) is 4.62. The molecule has 1 aliphatic heterocycles. The van der Waals surface area contributed by atoms with Crippen LogP contribution in [0.2, 0.25) is 0 Å². The Morgan fingerprint density at radius 3 is 2.66 bits per heavy atom. The van der Waals surface area contributed by atoms with Crippen LogP contribution in [0.1, 0.15) is 25.5 Å². The summed E-state index contributed by atoms with van der Waals surface area (Å²) in [5.41, 5.74) is 0.733. The molecule has 11 heteroatoms. The summed E-state index contributed by atoms with van der Waals surface area (Å²) in [5, 5.41) is 33.5. The molecule has 172 valence electrons. The molecule has 1 fully saturated rings. The monoisotopic (exact) mass is 465 g/mol. The Morgan fingerprint density at radius 2 is 1.97 bits per heavy atom. The number of hydrogen-bond donors (Lipinski definition) is 4. The molecule has 4 rings (SSSR count). The van der Waals surface area contributed by atoms with Gasteiger partial charge in [-0.25, -0.2) is 18.7 Å². The summed E-state index contributed by atoms with van der Waals surface area (Å²) in [4.78, 5) is 12.1. The average molecular weight is 466 g/mol. The highest BCUT2D eigenvalue weighted by molar-refractivity contribution is 7.22. The Hall–Kier alpha value is -2.44. The first-order valence-corrected chi connectivity index (χ1v) is 11.1. The van der Waals surface area contributed by atoms with Crippen molar-refractivity contribution in [2.75, 3.05) is 29.9 Å². The number of thiazole rings is 1. The molecule has 1 aliphatic rings. The van der Waals surface area contributed by atoms with Crippen molar-refractivity contribution in [1.29, 1.82) is 0 Å². The minimum absolute atomic E-state index is 0.137. The summed E-state index contributed by atoms with van der Waals surface area (Å²) < 4.78 is 28.8. The minimum Gasteiger partial charge on any atom is -0.390 e. The third-order valence-corrected chi connectivity index (χ3v) is 6.50. The number of aliphatic hydroxyl groups excluding tert-OH is 3. The molecule has 3 heterocycles. The molecular weight excluding hydrogens is 440 g/mol. The standard InChI is InChI=1S/C21H25F2N5O3S/c1-11-10-27(19-15(23)7-13(9-24-19)18(30)12(2)29)5-6-28(11)21(31)26-20-25-16-8-14(22)3-4-17(16)32-20/h3-4,7-9,11-12,18,21,29-31H,5-6,10H2,1-2H3,(H,25,26)/t11-,12-,18+,21?/m0/s1. The highest BCUT2D eigenvalue weighted by atomic mass is 32.1. The second kappa shape index (κ2) is 9.20. The first-order valence-electron chi connectivity index (χ1n) is 10.3. The zero-order valence-corrected chi connectivity index (χ0v) is 18.4. The summed E-state index contributed by atoms with van der Waals surface area (Å²) in [5.74, 6) is -0.786. The molecular formula is C21H25F2N5O3S. The first kappa shape index (κ1) is 22.7. The van der Waals surface area contributed by atoms with E-state index in [9.17, 15) is 24.1 Å². The maximum absolute atomic E-state index is 14.7. The number of nitrogens with zero attached hydrogens (tertiary/aromatic N) is 4. The van der Waals surface area contributed by atoms with Gasteiger partial charge in [-0.3, -0.25) is 4.90 Å². The molecule has 1 unspecified atom stereocenters. The van der Waals surface area contributed by atoms with Gasteiger partial charge in [-0.2, -0.15) is 0 Å². The molecule has 2 aromatic heterocycles. The largest absolute Gasteiger partial charge is 0.390 e. The van der Waals surface area contributed by atoms with Gasteiger partial charge in [-0.05, 0) is 32.0 Å². The van der Waals surface area contributed by atoms with Crippen molar-refractivity contribution in [2.24, 2.45) is 0 Å². The molecule has 32 heavy (non-hydrogen) atoms. The van der Waals surface area contributed by atoms with Gasteiger partial charge in [0.05, 0.1) is 16.3 Å². The van der Waals surface area contributed by atoms with E-state index in [2.05, 4.69) is 15.3 Å². The van der Waals surface area contributed by atoms with E-state index in [1.165, 1.54) is 42.7 Å². The Bertz CT molecular complexity index is 1100. The van der Waals surface area contributed by atoms with E-state index in [-0.39, 0.29) is 23.2 Å². The predicted octanol–water partition coefficient (Wildman–Crippen LogP) is 2.28. The topological polar surface area (TPSA) is 105 Å². The van der Waals surface area contributed by atoms with Crippen molar-refractivity contribution in [2.45, 2.75) is 38.4 Å². The number of anilines is 2. The van der Waals surface area contributed by atoms with Gasteiger partial charge in [0.25, 0.3) is 0 Å². The van der Waals surface area contributed by atoms with E-state index in [0.29, 0.717) is 30.3 Å². The lowest BCUT2D eigenvalue weighted by Gasteiger charge is -2.42. The van der Waals surface area contributed by atoms with E-state index in [0.717, 1.165) is 4.70 Å². The third-order valence-electron chi connectivity index (χ3n) is 5.54. The molecule has 0 amide bonds. The van der Waals surface area contributed by atoms with Gasteiger partial charge in [-0.15, -0.1) is 0 Å². The van der Waals surface area contributed by atoms with Crippen LogP contribution in [-0.4, -0.2) is 68.3 Å². The summed E-state index contributed by atoms with van der Waals surface area (Å²) in [7, 11) is 0. The van der Waals surface area contributed by atoms with E-state index >= 15 is 0 Å². The Labute approximate surface area is 187 Å². The van der Waals surface area contributed by atoms with E-state index in [1.54, 1.807) is 11.0 Å². The molecule has 0 radical (unpaired) electrons. The van der Waals surface area contributed by atoms with Crippen LogP contribution in [0.4, 0.5) is 19.7 Å². The number of aromatic nitrogens is 2. The Balaban J connectivity index is 1.41. The minimum atomic E-state index is -1.21. The molecule has 4 atom stereocenters. The molecule has 8 nitrogen and oxygen atoms in total. The Kier molecular flexibility index (Phi) is 6.54. The van der Waals surface area contributed by atoms with Crippen LogP contribution >= 0.6 is 11.3 Å². The number of fused-ring (bicyclic) bond motifs is 1. The van der Waals surface area contributed by atoms with Crippen molar-refractivity contribution in [1.82, 2.24) is 14.9 Å². The lowest BCUT2D eigenvalue weighted by molar-refractivity contribution is -0.00548. The van der Waals surface area contributed by atoms with Gasteiger partial charge in [0.1, 0.15) is 11.9 Å². The SMILES string of the molecule is C[C@H](O)[C@@H](O)c1cnc(N2CCN(C(O)Nc3nc4cc(F)ccc4s3)[C@@H](C)C2)c(F)c1. The number of piperazine rings is 1. The fourth-order valence-corrected chi connectivity index (χ4v) is 4.66. The van der Waals surface area contributed by atoms with E-state index in [1.807, 2.05) is 11.8 Å². The number of rotatable bonds is 6. The van der Waals surface area contributed by atoms with Crippen molar-refractivity contribution in [3.8, 4) is 0 Å². The normalized spacial score (nSPS) is 20.3. The second-order valence-electron chi connectivity index (χ2n) is 7.94. The highest BCUT2D eigenvalue weighted by Crippen LogP contribution is 2.28. The second-order valence-corrected chi connectivity index (χ2v) is 8.97. The molecule has 1 aromatic carbocycles. The highest BCUT2D eigenvalue weighted by Gasteiger charge is 2.31. The number of hydrogen-bond acceptors (Lipinski definition) is 9. The summed E-state index contributed by atoms with van der Waals surface area (Å²) >= 11 is 1.32. The molecule has 4 N–H and O–H groups in total. The summed E-state index contributed by atoms with van der Waals surface area (Å²) in [6.07, 6.45) is -1.89. The van der Waals surface area contributed by atoms with Crippen LogP contribution in [-0.2, 0) is 0 Å². The number of halogens is 2. The molecule has 0 spiro atoms. The van der Waals surface area contributed by atoms with Crippen molar-refractivity contribution in [3.63, 3.8) is 0 Å². The van der Waals surface area contributed by atoms with Gasteiger partial charge in [-0.1, -0.05) is 11.3 Å². The van der Waals surface area contributed by atoms with Crippen LogP contribution in [0, 0.1) is 11.6 Å². The molecule has 0 bridgehead atoms. The zero-order valence-electron chi connectivity index (χ0n) is 17.6. The molecule has 1 saturated heterocycles. The van der Waals surface area contributed by atoms with Gasteiger partial charge in [0, 0.05) is 43.5 Å². The predicted molar refractivity (Wildman–Crippen MR) is 118 cm³/mol. The average Bonchev–Trinajstić information content (AvgIpc) is 3.14. The van der Waals surface area contributed by atoms with Crippen LogP contribution in [0.15, 0.2) is 30.5 Å². The molecule has 0 saturated carbocycles. The molecule has 0 aliphatic carbocycles. The van der Waals surface area contributed by atoms with Crippen LogP contribution < -0.4 is 10.2 Å². The van der Waals surface area contributed by atoms with Crippen molar-refractivity contribution >= 4 is 32.5 Å². The van der Waals surface area contributed by atoms with Crippen LogP contribution in [0.3, 0.4) is 0 Å². The number of pyridine rings is 1. The third kappa shape index (κ3) is 4.66. The smallest absolute Gasteiger partial charge is 0.186 e.